The van der Waals surface area contributed by atoms with Crippen molar-refractivity contribution in [1.82, 2.24) is 5.32 Å². The molecule has 0 aromatic carbocycles. The van der Waals surface area contributed by atoms with E-state index in [1.165, 1.54) is 257 Å². The molecule has 1 aliphatic rings. The van der Waals surface area contributed by atoms with E-state index in [1.54, 1.807) is 6.08 Å². The molecule has 74 heavy (non-hydrogen) atoms. The second-order valence-electron chi connectivity index (χ2n) is 22.5. The van der Waals surface area contributed by atoms with E-state index in [0.29, 0.717) is 6.42 Å². The number of allylic oxidation sites excluding steroid dienone is 5. The zero-order valence-corrected chi connectivity index (χ0v) is 48.6. The second-order valence-corrected chi connectivity index (χ2v) is 22.5. The van der Waals surface area contributed by atoms with Crippen LogP contribution in [0.5, 0.6) is 0 Å². The number of aliphatic hydroxyl groups is 5. The van der Waals surface area contributed by atoms with Crippen LogP contribution in [0.2, 0.25) is 0 Å². The van der Waals surface area contributed by atoms with Crippen LogP contribution in [0, 0.1) is 0 Å². The molecule has 1 rings (SSSR count). The van der Waals surface area contributed by atoms with Crippen molar-refractivity contribution in [2.75, 3.05) is 13.2 Å². The molecule has 1 heterocycles. The lowest BCUT2D eigenvalue weighted by molar-refractivity contribution is -0.302. The molecule has 0 saturated carbocycles. The van der Waals surface area contributed by atoms with Gasteiger partial charge in [-0.3, -0.25) is 4.79 Å². The molecule has 0 spiro atoms. The molecule has 0 aromatic rings. The minimum Gasteiger partial charge on any atom is -0.394 e. The fourth-order valence-corrected chi connectivity index (χ4v) is 10.3. The number of rotatable bonds is 56. The molecule has 9 nitrogen and oxygen atoms in total. The average Bonchev–Trinajstić information content (AvgIpc) is 3.40. The predicted octanol–water partition coefficient (Wildman–Crippen LogP) is 16.7. The van der Waals surface area contributed by atoms with Gasteiger partial charge >= 0.3 is 0 Å². The van der Waals surface area contributed by atoms with Crippen LogP contribution in [0.15, 0.2) is 36.5 Å². The number of carbonyl (C=O) groups excluding carboxylic acids is 1. The first-order valence-corrected chi connectivity index (χ1v) is 32.2. The molecule has 1 fully saturated rings. The Hall–Kier alpha value is -1.59. The van der Waals surface area contributed by atoms with Crippen LogP contribution in [0.3, 0.4) is 0 Å². The van der Waals surface area contributed by atoms with E-state index in [9.17, 15) is 30.3 Å². The van der Waals surface area contributed by atoms with Crippen LogP contribution in [-0.4, -0.2) is 87.5 Å². The van der Waals surface area contributed by atoms with Crippen LogP contribution in [0.1, 0.15) is 316 Å². The summed E-state index contributed by atoms with van der Waals surface area (Å²) < 4.78 is 11.3. The van der Waals surface area contributed by atoms with Gasteiger partial charge in [0, 0.05) is 6.42 Å². The summed E-state index contributed by atoms with van der Waals surface area (Å²) in [6.07, 6.45) is 65.2. The highest BCUT2D eigenvalue weighted by Crippen LogP contribution is 2.23. The maximum atomic E-state index is 13.1. The number of ether oxygens (including phenoxy) is 2. The highest BCUT2D eigenvalue weighted by atomic mass is 16.7. The highest BCUT2D eigenvalue weighted by Gasteiger charge is 2.44. The van der Waals surface area contributed by atoms with Crippen molar-refractivity contribution in [3.05, 3.63) is 36.5 Å². The Morgan fingerprint density at radius 3 is 1.14 bits per heavy atom. The van der Waals surface area contributed by atoms with E-state index >= 15 is 0 Å². The van der Waals surface area contributed by atoms with Crippen molar-refractivity contribution >= 4 is 5.91 Å². The molecule has 1 aliphatic heterocycles. The Morgan fingerprint density at radius 2 is 0.770 bits per heavy atom. The van der Waals surface area contributed by atoms with Crippen molar-refractivity contribution in [2.45, 2.75) is 358 Å². The summed E-state index contributed by atoms with van der Waals surface area (Å²) in [6, 6.07) is -0.822. The third-order valence-corrected chi connectivity index (χ3v) is 15.4. The van der Waals surface area contributed by atoms with E-state index in [0.717, 1.165) is 38.5 Å². The minimum absolute atomic E-state index is 0.182. The lowest BCUT2D eigenvalue weighted by atomic mass is 9.99. The number of unbranched alkanes of at least 4 members (excludes halogenated alkanes) is 42. The fourth-order valence-electron chi connectivity index (χ4n) is 10.3. The Bertz CT molecular complexity index is 1260. The van der Waals surface area contributed by atoms with E-state index in [-0.39, 0.29) is 12.5 Å². The molecule has 0 radical (unpaired) electrons. The predicted molar refractivity (Wildman–Crippen MR) is 313 cm³/mol. The molecule has 0 bridgehead atoms. The Labute approximate surface area is 457 Å². The normalized spacial score (nSPS) is 19.1. The summed E-state index contributed by atoms with van der Waals surface area (Å²) in [4.78, 5) is 13.1. The van der Waals surface area contributed by atoms with Gasteiger partial charge in [0.25, 0.3) is 0 Å². The molecule has 1 amide bonds. The van der Waals surface area contributed by atoms with Crippen molar-refractivity contribution in [2.24, 2.45) is 0 Å². The molecular weight excluding hydrogens is 923 g/mol. The van der Waals surface area contributed by atoms with Gasteiger partial charge in [-0.2, -0.15) is 0 Å². The van der Waals surface area contributed by atoms with Gasteiger partial charge in [0.1, 0.15) is 24.4 Å². The third kappa shape index (κ3) is 43.4. The summed E-state index contributed by atoms with van der Waals surface area (Å²) in [5.74, 6) is -0.182. The van der Waals surface area contributed by atoms with Gasteiger partial charge in [0.15, 0.2) is 6.29 Å². The highest BCUT2D eigenvalue weighted by molar-refractivity contribution is 5.76. The third-order valence-electron chi connectivity index (χ3n) is 15.4. The van der Waals surface area contributed by atoms with E-state index in [1.807, 2.05) is 6.08 Å². The van der Waals surface area contributed by atoms with Gasteiger partial charge in [-0.05, 0) is 57.8 Å². The smallest absolute Gasteiger partial charge is 0.220 e. The number of hydrogen-bond donors (Lipinski definition) is 6. The molecular formula is C65H123NO8. The summed E-state index contributed by atoms with van der Waals surface area (Å²) >= 11 is 0. The maximum Gasteiger partial charge on any atom is 0.220 e. The first kappa shape index (κ1) is 70.4. The zero-order chi connectivity index (χ0) is 53.6. The largest absolute Gasteiger partial charge is 0.394 e. The topological polar surface area (TPSA) is 149 Å². The number of aliphatic hydroxyl groups excluding tert-OH is 5. The standard InChI is InChI=1S/C65H123NO8/c1-3-5-7-9-11-13-15-17-19-21-23-25-26-27-28-29-30-31-32-33-35-37-39-41-43-45-47-49-51-53-55-61(69)66-58(57-73-65-64(72)63(71)62(70)60(56-67)74-65)59(68)54-52-50-48-46-44-42-40-38-36-34-24-22-20-18-16-14-12-10-8-6-4-2/h27-28,44,46,52,54,58-60,62-65,67-68,70-72H,3-26,29-43,45,47-51,53,55-57H2,1-2H3,(H,66,69)/b28-27-,46-44+,54-52+. The van der Waals surface area contributed by atoms with Gasteiger partial charge in [-0.1, -0.05) is 288 Å². The SMILES string of the molecule is CCCCCCCCCCCCCC/C=C\CCCCCCCCCCCCCCCCC(=O)NC(COC1OC(CO)C(O)C(O)C1O)C(O)/C=C/CC/C=C/CCCCCCCCCCCCCCCCC. The Balaban J connectivity index is 2.17. The zero-order valence-electron chi connectivity index (χ0n) is 48.6. The number of nitrogens with one attached hydrogen (secondary N) is 1. The van der Waals surface area contributed by atoms with Crippen molar-refractivity contribution in [1.29, 1.82) is 0 Å². The summed E-state index contributed by atoms with van der Waals surface area (Å²) in [5.41, 5.74) is 0. The van der Waals surface area contributed by atoms with Crippen molar-refractivity contribution < 1.29 is 39.8 Å². The van der Waals surface area contributed by atoms with Crippen LogP contribution >= 0.6 is 0 Å². The van der Waals surface area contributed by atoms with E-state index in [4.69, 9.17) is 9.47 Å². The molecule has 7 unspecified atom stereocenters. The van der Waals surface area contributed by atoms with Crippen LogP contribution < -0.4 is 5.32 Å². The number of carbonyl (C=O) groups is 1. The minimum atomic E-state index is -1.57. The number of hydrogen-bond acceptors (Lipinski definition) is 8. The average molecular weight is 1050 g/mol. The Kier molecular flexibility index (Phi) is 52.1. The van der Waals surface area contributed by atoms with Crippen LogP contribution in [0.4, 0.5) is 0 Å². The fraction of sp³-hybridized carbons (Fsp3) is 0.892. The molecule has 9 heteroatoms. The molecule has 436 valence electrons. The lowest BCUT2D eigenvalue weighted by Gasteiger charge is -2.40. The quantitative estimate of drug-likeness (QED) is 0.0261. The van der Waals surface area contributed by atoms with Gasteiger partial charge in [0.2, 0.25) is 5.91 Å². The van der Waals surface area contributed by atoms with Gasteiger partial charge < -0.3 is 40.3 Å². The molecule has 0 aromatic heterocycles. The maximum absolute atomic E-state index is 13.1. The van der Waals surface area contributed by atoms with Gasteiger partial charge in [-0.15, -0.1) is 0 Å². The molecule has 1 saturated heterocycles. The monoisotopic (exact) mass is 1050 g/mol. The molecule has 6 N–H and O–H groups in total. The summed E-state index contributed by atoms with van der Waals surface area (Å²) in [5, 5.41) is 54.6. The first-order valence-electron chi connectivity index (χ1n) is 32.2. The van der Waals surface area contributed by atoms with Crippen molar-refractivity contribution in [3.63, 3.8) is 0 Å². The van der Waals surface area contributed by atoms with Crippen LogP contribution in [-0.2, 0) is 14.3 Å². The van der Waals surface area contributed by atoms with Gasteiger partial charge in [-0.25, -0.2) is 0 Å². The van der Waals surface area contributed by atoms with Crippen molar-refractivity contribution in [3.8, 4) is 0 Å². The van der Waals surface area contributed by atoms with E-state index in [2.05, 4.69) is 43.5 Å². The summed E-state index contributed by atoms with van der Waals surface area (Å²) in [6.45, 7) is 3.81. The Morgan fingerprint density at radius 1 is 0.446 bits per heavy atom. The molecule has 0 aliphatic carbocycles. The van der Waals surface area contributed by atoms with Crippen LogP contribution in [0.25, 0.3) is 0 Å². The lowest BCUT2D eigenvalue weighted by Crippen LogP contribution is -2.60. The molecule has 7 atom stereocenters. The van der Waals surface area contributed by atoms with E-state index < -0.39 is 49.5 Å². The summed E-state index contributed by atoms with van der Waals surface area (Å²) in [7, 11) is 0. The first-order chi connectivity index (χ1) is 36.3. The van der Waals surface area contributed by atoms with Gasteiger partial charge in [0.05, 0.1) is 25.4 Å². The number of amides is 1. The second kappa shape index (κ2) is 54.8.